The number of hydrogen-bond donors (Lipinski definition) is 1. The molecule has 2 nitrogen and oxygen atoms in total. The molecule has 0 fully saturated rings. The third-order valence-electron chi connectivity index (χ3n) is 3.10. The summed E-state index contributed by atoms with van der Waals surface area (Å²) in [5.74, 6) is -0.266. The zero-order chi connectivity index (χ0) is 14.2. The molecule has 0 atom stereocenters. The van der Waals surface area contributed by atoms with Gasteiger partial charge in [0.25, 0.3) is 0 Å². The van der Waals surface area contributed by atoms with Crippen LogP contribution in [0.4, 0.5) is 8.78 Å². The molecule has 0 aliphatic carbocycles. The summed E-state index contributed by atoms with van der Waals surface area (Å²) < 4.78 is 33.2. The second-order valence-electron chi connectivity index (χ2n) is 5.36. The fraction of sp³-hybridized carbons (Fsp3) is 0.467. The van der Waals surface area contributed by atoms with Crippen LogP contribution in [0, 0.1) is 11.6 Å². The fourth-order valence-corrected chi connectivity index (χ4v) is 2.24. The summed E-state index contributed by atoms with van der Waals surface area (Å²) >= 11 is 0. The Labute approximate surface area is 111 Å². The lowest BCUT2D eigenvalue weighted by Crippen LogP contribution is -2.22. The summed E-state index contributed by atoms with van der Waals surface area (Å²) in [6.07, 6.45) is 0. The van der Waals surface area contributed by atoms with E-state index in [1.165, 1.54) is 0 Å². The van der Waals surface area contributed by atoms with Crippen molar-refractivity contribution >= 4 is 11.0 Å². The van der Waals surface area contributed by atoms with Gasteiger partial charge in [0, 0.05) is 11.6 Å². The molecule has 0 radical (unpaired) electrons. The number of furan rings is 1. The van der Waals surface area contributed by atoms with Crippen molar-refractivity contribution in [3.8, 4) is 0 Å². The Bertz CT molecular complexity index is 587. The van der Waals surface area contributed by atoms with Crippen molar-refractivity contribution in [2.45, 2.75) is 46.2 Å². The Balaban J connectivity index is 2.60. The largest absolute Gasteiger partial charge is 0.456 e. The average molecular weight is 267 g/mol. The van der Waals surface area contributed by atoms with Crippen LogP contribution in [0.2, 0.25) is 0 Å². The molecule has 1 aromatic carbocycles. The number of nitrogens with one attached hydrogen (secondary N) is 1. The van der Waals surface area contributed by atoms with E-state index in [0.29, 0.717) is 12.3 Å². The van der Waals surface area contributed by atoms with Gasteiger partial charge in [-0.3, -0.25) is 0 Å². The van der Waals surface area contributed by atoms with E-state index in [-0.39, 0.29) is 22.9 Å². The van der Waals surface area contributed by atoms with Gasteiger partial charge in [-0.05, 0) is 18.1 Å². The number of benzene rings is 1. The van der Waals surface area contributed by atoms with E-state index in [4.69, 9.17) is 4.42 Å². The quantitative estimate of drug-likeness (QED) is 0.891. The Morgan fingerprint density at radius 1 is 1.11 bits per heavy atom. The highest BCUT2D eigenvalue weighted by Gasteiger charge is 2.22. The zero-order valence-electron chi connectivity index (χ0n) is 11.7. The Morgan fingerprint density at radius 2 is 1.74 bits per heavy atom. The predicted molar refractivity (Wildman–Crippen MR) is 72.2 cm³/mol. The zero-order valence-corrected chi connectivity index (χ0v) is 11.7. The van der Waals surface area contributed by atoms with Gasteiger partial charge in [-0.2, -0.15) is 0 Å². The van der Waals surface area contributed by atoms with Gasteiger partial charge in [-0.1, -0.05) is 27.7 Å². The first-order valence-corrected chi connectivity index (χ1v) is 6.54. The molecule has 0 aliphatic heterocycles. The molecule has 0 saturated heterocycles. The van der Waals surface area contributed by atoms with Gasteiger partial charge in [-0.15, -0.1) is 0 Å². The second kappa shape index (κ2) is 5.29. The second-order valence-corrected chi connectivity index (χ2v) is 5.36. The average Bonchev–Trinajstić information content (AvgIpc) is 2.72. The van der Waals surface area contributed by atoms with Crippen LogP contribution in [0.15, 0.2) is 16.5 Å². The molecule has 0 aliphatic rings. The molecular formula is C15H19F2NO. The topological polar surface area (TPSA) is 25.2 Å². The highest BCUT2D eigenvalue weighted by molar-refractivity contribution is 5.84. The van der Waals surface area contributed by atoms with Crippen molar-refractivity contribution in [1.82, 2.24) is 5.32 Å². The number of fused-ring (bicyclic) bond motifs is 1. The molecule has 104 valence electrons. The van der Waals surface area contributed by atoms with E-state index in [0.717, 1.165) is 17.7 Å². The monoisotopic (exact) mass is 267 g/mol. The van der Waals surface area contributed by atoms with Crippen LogP contribution in [0.25, 0.3) is 11.0 Å². The molecular weight excluding hydrogens is 248 g/mol. The van der Waals surface area contributed by atoms with E-state index < -0.39 is 11.6 Å². The Kier molecular flexibility index (Phi) is 3.90. The van der Waals surface area contributed by atoms with Gasteiger partial charge < -0.3 is 9.73 Å². The van der Waals surface area contributed by atoms with Crippen LogP contribution in [0.5, 0.6) is 0 Å². The summed E-state index contributed by atoms with van der Waals surface area (Å²) in [6.45, 7) is 8.40. The van der Waals surface area contributed by atoms with Crippen molar-refractivity contribution in [2.24, 2.45) is 0 Å². The van der Waals surface area contributed by atoms with Gasteiger partial charge in [0.05, 0.1) is 11.9 Å². The molecule has 0 unspecified atom stereocenters. The standard InChI is InChI=1S/C15H19F2NO/c1-8(2)13-12(7-18-9(3)4)19-15-11(17)6-5-10(16)14(13)15/h5-6,8-9,18H,7H2,1-4H3. The fourth-order valence-electron chi connectivity index (χ4n) is 2.24. The molecule has 2 aromatic rings. The number of hydrogen-bond acceptors (Lipinski definition) is 2. The molecule has 1 aromatic heterocycles. The normalized spacial score (nSPS) is 12.0. The van der Waals surface area contributed by atoms with Crippen LogP contribution in [0.1, 0.15) is 44.9 Å². The van der Waals surface area contributed by atoms with Gasteiger partial charge in [0.2, 0.25) is 0 Å². The first-order chi connectivity index (χ1) is 8.91. The summed E-state index contributed by atoms with van der Waals surface area (Å²) in [6, 6.07) is 2.53. The van der Waals surface area contributed by atoms with Gasteiger partial charge >= 0.3 is 0 Å². The maximum atomic E-state index is 14.0. The van der Waals surface area contributed by atoms with E-state index in [1.54, 1.807) is 0 Å². The maximum Gasteiger partial charge on any atom is 0.173 e. The Morgan fingerprint density at radius 3 is 2.32 bits per heavy atom. The summed E-state index contributed by atoms with van der Waals surface area (Å²) in [7, 11) is 0. The van der Waals surface area contributed by atoms with Crippen LogP contribution in [-0.4, -0.2) is 6.04 Å². The van der Waals surface area contributed by atoms with Crippen molar-refractivity contribution in [1.29, 1.82) is 0 Å². The third-order valence-corrected chi connectivity index (χ3v) is 3.10. The van der Waals surface area contributed by atoms with E-state index >= 15 is 0 Å². The minimum absolute atomic E-state index is 0.0178. The third kappa shape index (κ3) is 2.63. The highest BCUT2D eigenvalue weighted by atomic mass is 19.1. The van der Waals surface area contributed by atoms with Crippen LogP contribution in [0.3, 0.4) is 0 Å². The molecule has 1 heterocycles. The van der Waals surface area contributed by atoms with Crippen molar-refractivity contribution in [3.05, 3.63) is 35.1 Å². The predicted octanol–water partition coefficient (Wildman–Crippen LogP) is 4.33. The van der Waals surface area contributed by atoms with E-state index in [9.17, 15) is 8.78 Å². The number of halogens is 2. The maximum absolute atomic E-state index is 14.0. The van der Waals surface area contributed by atoms with Gasteiger partial charge in [-0.25, -0.2) is 8.78 Å². The summed E-state index contributed by atoms with van der Waals surface area (Å²) in [4.78, 5) is 0. The molecule has 1 N–H and O–H groups in total. The van der Waals surface area contributed by atoms with Gasteiger partial charge in [0.15, 0.2) is 11.4 Å². The minimum Gasteiger partial charge on any atom is -0.456 e. The first-order valence-electron chi connectivity index (χ1n) is 6.54. The lowest BCUT2D eigenvalue weighted by atomic mass is 9.99. The lowest BCUT2D eigenvalue weighted by Gasteiger charge is -2.10. The lowest BCUT2D eigenvalue weighted by molar-refractivity contribution is 0.469. The molecule has 0 saturated carbocycles. The van der Waals surface area contributed by atoms with Crippen molar-refractivity contribution < 1.29 is 13.2 Å². The van der Waals surface area contributed by atoms with Crippen molar-refractivity contribution in [2.75, 3.05) is 0 Å². The highest BCUT2D eigenvalue weighted by Crippen LogP contribution is 2.35. The SMILES string of the molecule is CC(C)NCc1oc2c(F)ccc(F)c2c1C(C)C. The molecule has 0 amide bonds. The summed E-state index contributed by atoms with van der Waals surface area (Å²) in [5.41, 5.74) is 0.768. The van der Waals surface area contributed by atoms with Crippen molar-refractivity contribution in [3.63, 3.8) is 0 Å². The minimum atomic E-state index is -0.519. The Hall–Kier alpha value is -1.42. The van der Waals surface area contributed by atoms with E-state index in [1.807, 2.05) is 27.7 Å². The molecule has 4 heteroatoms. The first kappa shape index (κ1) is 14.0. The molecule has 0 spiro atoms. The van der Waals surface area contributed by atoms with Crippen LogP contribution >= 0.6 is 0 Å². The van der Waals surface area contributed by atoms with Gasteiger partial charge in [0.1, 0.15) is 11.6 Å². The number of rotatable bonds is 4. The smallest absolute Gasteiger partial charge is 0.173 e. The van der Waals surface area contributed by atoms with Crippen LogP contribution < -0.4 is 5.32 Å². The van der Waals surface area contributed by atoms with Crippen LogP contribution in [-0.2, 0) is 6.54 Å². The molecule has 19 heavy (non-hydrogen) atoms. The van der Waals surface area contributed by atoms with E-state index in [2.05, 4.69) is 5.32 Å². The summed E-state index contributed by atoms with van der Waals surface area (Å²) in [5, 5.41) is 3.49. The molecule has 0 bridgehead atoms. The molecule has 2 rings (SSSR count).